The zero-order valence-electron chi connectivity index (χ0n) is 16.3. The van der Waals surface area contributed by atoms with Crippen LogP contribution in [0, 0.1) is 13.8 Å². The zero-order valence-corrected chi connectivity index (χ0v) is 16.3. The van der Waals surface area contributed by atoms with Gasteiger partial charge in [-0.1, -0.05) is 30.3 Å². The molecule has 0 aliphatic rings. The lowest BCUT2D eigenvalue weighted by molar-refractivity contribution is 0.482. The minimum absolute atomic E-state index is 0.0293. The van der Waals surface area contributed by atoms with Gasteiger partial charge in [-0.15, -0.1) is 0 Å². The Bertz CT molecular complexity index is 1090. The average molecular weight is 369 g/mol. The Morgan fingerprint density at radius 1 is 0.821 bits per heavy atom. The highest BCUT2D eigenvalue weighted by Gasteiger charge is 2.17. The van der Waals surface area contributed by atoms with Gasteiger partial charge >= 0.3 is 0 Å². The van der Waals surface area contributed by atoms with Crippen LogP contribution < -0.4 is 10.1 Å². The molecule has 0 amide bonds. The highest BCUT2D eigenvalue weighted by atomic mass is 16.5. The lowest BCUT2D eigenvalue weighted by Crippen LogP contribution is -2.19. The van der Waals surface area contributed by atoms with Crippen molar-refractivity contribution >= 4 is 10.9 Å². The van der Waals surface area contributed by atoms with E-state index in [4.69, 9.17) is 4.74 Å². The van der Waals surface area contributed by atoms with Crippen molar-refractivity contribution in [3.63, 3.8) is 0 Å². The van der Waals surface area contributed by atoms with Crippen LogP contribution >= 0.6 is 0 Å². The number of hydrogen-bond acceptors (Lipinski definition) is 4. The van der Waals surface area contributed by atoms with Gasteiger partial charge in [0.25, 0.3) is 0 Å². The van der Waals surface area contributed by atoms with Crippen molar-refractivity contribution in [2.75, 3.05) is 7.05 Å². The number of rotatable bonds is 5. The Morgan fingerprint density at radius 3 is 2.21 bits per heavy atom. The maximum atomic E-state index is 5.91. The molecule has 0 radical (unpaired) electrons. The lowest BCUT2D eigenvalue weighted by Gasteiger charge is -2.19. The minimum Gasteiger partial charge on any atom is -0.457 e. The summed E-state index contributed by atoms with van der Waals surface area (Å²) >= 11 is 0. The molecule has 0 saturated carbocycles. The molecule has 1 aromatic heterocycles. The molecule has 4 heteroatoms. The second-order valence-corrected chi connectivity index (χ2v) is 6.92. The van der Waals surface area contributed by atoms with E-state index in [2.05, 4.69) is 53.4 Å². The van der Waals surface area contributed by atoms with Crippen LogP contribution in [-0.4, -0.2) is 17.0 Å². The summed E-state index contributed by atoms with van der Waals surface area (Å²) in [5.41, 5.74) is 5.55. The first kappa shape index (κ1) is 18.1. The molecular weight excluding hydrogens is 346 g/mol. The van der Waals surface area contributed by atoms with E-state index in [9.17, 15) is 0 Å². The van der Waals surface area contributed by atoms with Gasteiger partial charge in [0, 0.05) is 5.39 Å². The summed E-state index contributed by atoms with van der Waals surface area (Å²) in [6, 6.07) is 22.2. The van der Waals surface area contributed by atoms with Gasteiger partial charge in [-0.3, -0.25) is 0 Å². The molecule has 0 unspecified atom stereocenters. The van der Waals surface area contributed by atoms with Crippen molar-refractivity contribution in [3.05, 3.63) is 95.4 Å². The highest BCUT2D eigenvalue weighted by molar-refractivity contribution is 5.83. The standard InChI is InChI=1S/C24H23N3O/c1-16-13-21-22(14-17(16)2)26-15-27-24(21)23(25-3)18-9-11-20(12-10-18)28-19-7-5-4-6-8-19/h4-15,23,25H,1-3H3/t23-/m0/s1. The van der Waals surface area contributed by atoms with E-state index < -0.39 is 0 Å². The number of aromatic nitrogens is 2. The topological polar surface area (TPSA) is 47.0 Å². The summed E-state index contributed by atoms with van der Waals surface area (Å²) in [4.78, 5) is 9.07. The van der Waals surface area contributed by atoms with Crippen LogP contribution in [0.2, 0.25) is 0 Å². The molecule has 140 valence electrons. The van der Waals surface area contributed by atoms with E-state index in [1.54, 1.807) is 6.33 Å². The predicted octanol–water partition coefficient (Wildman–Crippen LogP) is 5.35. The Labute approximate surface area is 165 Å². The molecule has 4 rings (SSSR count). The van der Waals surface area contributed by atoms with Crippen LogP contribution in [0.3, 0.4) is 0 Å². The molecule has 4 nitrogen and oxygen atoms in total. The van der Waals surface area contributed by atoms with E-state index >= 15 is 0 Å². The second-order valence-electron chi connectivity index (χ2n) is 6.92. The van der Waals surface area contributed by atoms with Gasteiger partial charge in [0.05, 0.1) is 17.3 Å². The number of ether oxygens (including phenoxy) is 1. The second kappa shape index (κ2) is 7.79. The third-order valence-electron chi connectivity index (χ3n) is 5.04. The average Bonchev–Trinajstić information content (AvgIpc) is 2.72. The number of hydrogen-bond donors (Lipinski definition) is 1. The monoisotopic (exact) mass is 369 g/mol. The summed E-state index contributed by atoms with van der Waals surface area (Å²) in [5, 5.41) is 4.48. The molecule has 1 N–H and O–H groups in total. The van der Waals surface area contributed by atoms with Crippen molar-refractivity contribution in [1.82, 2.24) is 15.3 Å². The van der Waals surface area contributed by atoms with Gasteiger partial charge in [0.1, 0.15) is 17.8 Å². The van der Waals surface area contributed by atoms with E-state index in [-0.39, 0.29) is 6.04 Å². The molecule has 1 atom stereocenters. The Morgan fingerprint density at radius 2 is 1.50 bits per heavy atom. The maximum absolute atomic E-state index is 5.91. The van der Waals surface area contributed by atoms with Crippen LogP contribution in [0.4, 0.5) is 0 Å². The van der Waals surface area contributed by atoms with Crippen molar-refractivity contribution in [2.24, 2.45) is 0 Å². The number of para-hydroxylation sites is 1. The van der Waals surface area contributed by atoms with Gasteiger partial charge < -0.3 is 10.1 Å². The third-order valence-corrected chi connectivity index (χ3v) is 5.04. The number of aryl methyl sites for hydroxylation is 2. The molecule has 0 bridgehead atoms. The molecule has 0 spiro atoms. The molecular formula is C24H23N3O. The van der Waals surface area contributed by atoms with Crippen molar-refractivity contribution in [1.29, 1.82) is 0 Å². The first-order valence-corrected chi connectivity index (χ1v) is 9.37. The Balaban J connectivity index is 1.68. The smallest absolute Gasteiger partial charge is 0.127 e. The molecule has 1 heterocycles. The fourth-order valence-corrected chi connectivity index (χ4v) is 3.38. The first-order valence-electron chi connectivity index (χ1n) is 9.37. The molecule has 0 saturated heterocycles. The highest BCUT2D eigenvalue weighted by Crippen LogP contribution is 2.29. The van der Waals surface area contributed by atoms with E-state index in [0.717, 1.165) is 33.7 Å². The van der Waals surface area contributed by atoms with Gasteiger partial charge in [-0.2, -0.15) is 0 Å². The minimum atomic E-state index is -0.0293. The normalized spacial score (nSPS) is 12.1. The van der Waals surface area contributed by atoms with E-state index in [0.29, 0.717) is 0 Å². The lowest BCUT2D eigenvalue weighted by atomic mass is 9.98. The third kappa shape index (κ3) is 3.59. The predicted molar refractivity (Wildman–Crippen MR) is 113 cm³/mol. The number of benzene rings is 3. The van der Waals surface area contributed by atoms with Crippen molar-refractivity contribution < 1.29 is 4.74 Å². The van der Waals surface area contributed by atoms with Crippen LogP contribution in [0.5, 0.6) is 11.5 Å². The first-order chi connectivity index (χ1) is 13.7. The zero-order chi connectivity index (χ0) is 19.5. The molecule has 28 heavy (non-hydrogen) atoms. The van der Waals surface area contributed by atoms with Crippen molar-refractivity contribution in [2.45, 2.75) is 19.9 Å². The molecule has 0 fully saturated rings. The largest absolute Gasteiger partial charge is 0.457 e. The van der Waals surface area contributed by atoms with E-state index in [1.165, 1.54) is 11.1 Å². The Hall–Kier alpha value is -3.24. The molecule has 0 aliphatic heterocycles. The summed E-state index contributed by atoms with van der Waals surface area (Å²) in [7, 11) is 1.95. The fraction of sp³-hybridized carbons (Fsp3) is 0.167. The van der Waals surface area contributed by atoms with Crippen LogP contribution in [0.15, 0.2) is 73.1 Å². The number of nitrogens with one attached hydrogen (secondary N) is 1. The van der Waals surface area contributed by atoms with Gasteiger partial charge in [0.15, 0.2) is 0 Å². The summed E-state index contributed by atoms with van der Waals surface area (Å²) < 4.78 is 5.91. The summed E-state index contributed by atoms with van der Waals surface area (Å²) in [6.45, 7) is 4.23. The molecule has 3 aromatic carbocycles. The molecule has 4 aromatic rings. The summed E-state index contributed by atoms with van der Waals surface area (Å²) in [6.07, 6.45) is 1.64. The van der Waals surface area contributed by atoms with Gasteiger partial charge in [0.2, 0.25) is 0 Å². The fourth-order valence-electron chi connectivity index (χ4n) is 3.38. The van der Waals surface area contributed by atoms with Gasteiger partial charge in [-0.25, -0.2) is 9.97 Å². The maximum Gasteiger partial charge on any atom is 0.127 e. The van der Waals surface area contributed by atoms with Gasteiger partial charge in [-0.05, 0) is 74.0 Å². The van der Waals surface area contributed by atoms with Crippen LogP contribution in [-0.2, 0) is 0 Å². The Kier molecular flexibility index (Phi) is 5.04. The number of nitrogens with zero attached hydrogens (tertiary/aromatic N) is 2. The quantitative estimate of drug-likeness (QED) is 0.515. The van der Waals surface area contributed by atoms with Crippen LogP contribution in [0.1, 0.15) is 28.4 Å². The number of fused-ring (bicyclic) bond motifs is 1. The molecule has 0 aliphatic carbocycles. The SMILES string of the molecule is CN[C@@H](c1ccc(Oc2ccccc2)cc1)c1ncnc2cc(C)c(C)cc12. The van der Waals surface area contributed by atoms with Crippen molar-refractivity contribution in [3.8, 4) is 11.5 Å². The van der Waals surface area contributed by atoms with E-state index in [1.807, 2.05) is 49.5 Å². The van der Waals surface area contributed by atoms with Crippen LogP contribution in [0.25, 0.3) is 10.9 Å². The summed E-state index contributed by atoms with van der Waals surface area (Å²) in [5.74, 6) is 1.64.